The van der Waals surface area contributed by atoms with Crippen LogP contribution in [0.25, 0.3) is 0 Å². The van der Waals surface area contributed by atoms with E-state index >= 15 is 0 Å². The molecule has 0 unspecified atom stereocenters. The smallest absolute Gasteiger partial charge is 0.0635 e. The Morgan fingerprint density at radius 2 is 2.06 bits per heavy atom. The van der Waals surface area contributed by atoms with E-state index in [2.05, 4.69) is 16.0 Å². The number of pyridine rings is 1. The van der Waals surface area contributed by atoms with Crippen molar-refractivity contribution in [2.24, 2.45) is 0 Å². The lowest BCUT2D eigenvalue weighted by molar-refractivity contribution is 0.149. The number of methoxy groups -OCH3 is 1. The summed E-state index contributed by atoms with van der Waals surface area (Å²) in [7, 11) is 1.70. The Hall–Kier alpha value is -1.44. The molecular formula is C13H19N3O. The summed E-state index contributed by atoms with van der Waals surface area (Å²) in [5, 5.41) is 8.61. The molecular weight excluding hydrogens is 214 g/mol. The zero-order valence-corrected chi connectivity index (χ0v) is 10.3. The maximum atomic E-state index is 8.61. The lowest BCUT2D eigenvalue weighted by atomic mass is 10.2. The van der Waals surface area contributed by atoms with Crippen LogP contribution in [0.3, 0.4) is 0 Å². The Labute approximate surface area is 103 Å². The number of nitrogens with zero attached hydrogens (tertiary/aromatic N) is 3. The largest absolute Gasteiger partial charge is 0.383 e. The summed E-state index contributed by atoms with van der Waals surface area (Å²) < 4.78 is 5.07. The molecule has 1 heterocycles. The minimum absolute atomic E-state index is 0.570. The molecule has 0 bridgehead atoms. The van der Waals surface area contributed by atoms with E-state index in [0.29, 0.717) is 13.0 Å². The number of hydrogen-bond acceptors (Lipinski definition) is 4. The minimum atomic E-state index is 0.570. The zero-order valence-electron chi connectivity index (χ0n) is 10.3. The van der Waals surface area contributed by atoms with Gasteiger partial charge in [-0.3, -0.25) is 9.88 Å². The maximum Gasteiger partial charge on any atom is 0.0635 e. The third kappa shape index (κ3) is 6.00. The van der Waals surface area contributed by atoms with Crippen molar-refractivity contribution in [1.82, 2.24) is 9.88 Å². The predicted molar refractivity (Wildman–Crippen MR) is 66.5 cm³/mol. The van der Waals surface area contributed by atoms with Gasteiger partial charge in [-0.2, -0.15) is 5.26 Å². The summed E-state index contributed by atoms with van der Waals surface area (Å²) in [4.78, 5) is 6.25. The molecule has 0 aromatic carbocycles. The fourth-order valence-electron chi connectivity index (χ4n) is 1.60. The molecule has 4 nitrogen and oxygen atoms in total. The molecule has 17 heavy (non-hydrogen) atoms. The third-order valence-corrected chi connectivity index (χ3v) is 2.62. The molecule has 1 aromatic heterocycles. The Morgan fingerprint density at radius 3 is 2.71 bits per heavy atom. The highest BCUT2D eigenvalue weighted by molar-refractivity contribution is 5.09. The first-order valence-corrected chi connectivity index (χ1v) is 5.84. The zero-order chi connectivity index (χ0) is 12.3. The molecule has 92 valence electrons. The van der Waals surface area contributed by atoms with Crippen LogP contribution in [0.5, 0.6) is 0 Å². The van der Waals surface area contributed by atoms with E-state index < -0.39 is 0 Å². The standard InChI is InChI=1S/C13H19N3O/c1-17-12-11-16(9-2-6-14)10-5-13-3-7-15-8-4-13/h3-4,7-8H,2,5,9-12H2,1H3. The summed E-state index contributed by atoms with van der Waals surface area (Å²) in [5.74, 6) is 0. The van der Waals surface area contributed by atoms with E-state index in [-0.39, 0.29) is 0 Å². The minimum Gasteiger partial charge on any atom is -0.383 e. The molecule has 0 spiro atoms. The van der Waals surface area contributed by atoms with Crippen LogP contribution in [0.1, 0.15) is 12.0 Å². The molecule has 4 heteroatoms. The molecule has 0 radical (unpaired) electrons. The Balaban J connectivity index is 2.35. The maximum absolute atomic E-state index is 8.61. The van der Waals surface area contributed by atoms with Gasteiger partial charge < -0.3 is 4.74 Å². The highest BCUT2D eigenvalue weighted by Crippen LogP contribution is 2.00. The van der Waals surface area contributed by atoms with Gasteiger partial charge in [0.05, 0.1) is 12.7 Å². The van der Waals surface area contributed by atoms with Gasteiger partial charge >= 0.3 is 0 Å². The van der Waals surface area contributed by atoms with Crippen molar-refractivity contribution in [1.29, 1.82) is 5.26 Å². The van der Waals surface area contributed by atoms with Crippen molar-refractivity contribution in [3.63, 3.8) is 0 Å². The van der Waals surface area contributed by atoms with Crippen LogP contribution in [-0.4, -0.2) is 43.2 Å². The van der Waals surface area contributed by atoms with Gasteiger partial charge in [0.2, 0.25) is 0 Å². The molecule has 0 N–H and O–H groups in total. The second-order valence-electron chi connectivity index (χ2n) is 3.85. The summed E-state index contributed by atoms with van der Waals surface area (Å²) in [5.41, 5.74) is 1.28. The van der Waals surface area contributed by atoms with Crippen LogP contribution in [-0.2, 0) is 11.2 Å². The van der Waals surface area contributed by atoms with Crippen LogP contribution >= 0.6 is 0 Å². The normalized spacial score (nSPS) is 10.4. The summed E-state index contributed by atoms with van der Waals surface area (Å²) in [6, 6.07) is 6.23. The van der Waals surface area contributed by atoms with Crippen LogP contribution in [0.2, 0.25) is 0 Å². The van der Waals surface area contributed by atoms with Crippen LogP contribution < -0.4 is 0 Å². The topological polar surface area (TPSA) is 49.1 Å². The second kappa shape index (κ2) is 8.68. The fraction of sp³-hybridized carbons (Fsp3) is 0.538. The van der Waals surface area contributed by atoms with E-state index in [0.717, 1.165) is 26.1 Å². The van der Waals surface area contributed by atoms with Crippen molar-refractivity contribution in [2.45, 2.75) is 12.8 Å². The number of nitriles is 1. The Morgan fingerprint density at radius 1 is 1.29 bits per heavy atom. The first kappa shape index (κ1) is 13.6. The van der Waals surface area contributed by atoms with E-state index in [4.69, 9.17) is 10.00 Å². The van der Waals surface area contributed by atoms with Gasteiger partial charge in [0, 0.05) is 45.6 Å². The van der Waals surface area contributed by atoms with Gasteiger partial charge in [-0.15, -0.1) is 0 Å². The molecule has 0 aliphatic rings. The van der Waals surface area contributed by atoms with Crippen molar-refractivity contribution >= 4 is 0 Å². The van der Waals surface area contributed by atoms with E-state index in [1.165, 1.54) is 5.56 Å². The summed E-state index contributed by atoms with van der Waals surface area (Å²) in [6.45, 7) is 3.35. The molecule has 0 aliphatic carbocycles. The number of ether oxygens (including phenoxy) is 1. The van der Waals surface area contributed by atoms with Crippen LogP contribution in [0, 0.1) is 11.3 Å². The van der Waals surface area contributed by atoms with Crippen LogP contribution in [0.15, 0.2) is 24.5 Å². The third-order valence-electron chi connectivity index (χ3n) is 2.62. The Bertz CT molecular complexity index is 334. The number of aromatic nitrogens is 1. The molecule has 0 amide bonds. The fourth-order valence-corrected chi connectivity index (χ4v) is 1.60. The monoisotopic (exact) mass is 233 g/mol. The predicted octanol–water partition coefficient (Wildman–Crippen LogP) is 1.49. The SMILES string of the molecule is COCCN(CCC#N)CCc1ccncc1. The highest BCUT2D eigenvalue weighted by atomic mass is 16.5. The van der Waals surface area contributed by atoms with Crippen LogP contribution in [0.4, 0.5) is 0 Å². The lowest BCUT2D eigenvalue weighted by Gasteiger charge is -2.20. The lowest BCUT2D eigenvalue weighted by Crippen LogP contribution is -2.30. The van der Waals surface area contributed by atoms with Gasteiger partial charge in [0.15, 0.2) is 0 Å². The first-order valence-electron chi connectivity index (χ1n) is 5.84. The van der Waals surface area contributed by atoms with E-state index in [1.54, 1.807) is 7.11 Å². The van der Waals surface area contributed by atoms with Gasteiger partial charge in [0.25, 0.3) is 0 Å². The van der Waals surface area contributed by atoms with Crippen molar-refractivity contribution in [3.05, 3.63) is 30.1 Å². The van der Waals surface area contributed by atoms with Gasteiger partial charge in [0.1, 0.15) is 0 Å². The van der Waals surface area contributed by atoms with E-state index in [1.807, 2.05) is 24.5 Å². The summed E-state index contributed by atoms with van der Waals surface area (Å²) in [6.07, 6.45) is 5.17. The van der Waals surface area contributed by atoms with Gasteiger partial charge in [-0.05, 0) is 24.1 Å². The van der Waals surface area contributed by atoms with Crippen molar-refractivity contribution in [3.8, 4) is 6.07 Å². The quantitative estimate of drug-likeness (QED) is 0.682. The molecule has 1 rings (SSSR count). The molecule has 0 fully saturated rings. The second-order valence-corrected chi connectivity index (χ2v) is 3.85. The molecule has 0 saturated heterocycles. The average Bonchev–Trinajstić information content (AvgIpc) is 2.39. The molecule has 0 atom stereocenters. The number of rotatable bonds is 8. The molecule has 0 saturated carbocycles. The van der Waals surface area contributed by atoms with Gasteiger partial charge in [-0.25, -0.2) is 0 Å². The van der Waals surface area contributed by atoms with Crippen molar-refractivity contribution in [2.75, 3.05) is 33.4 Å². The number of hydrogen-bond donors (Lipinski definition) is 0. The van der Waals surface area contributed by atoms with E-state index in [9.17, 15) is 0 Å². The van der Waals surface area contributed by atoms with Gasteiger partial charge in [-0.1, -0.05) is 0 Å². The molecule has 0 aliphatic heterocycles. The average molecular weight is 233 g/mol. The molecule has 1 aromatic rings. The first-order chi connectivity index (χ1) is 8.36. The summed E-state index contributed by atoms with van der Waals surface area (Å²) >= 11 is 0. The highest BCUT2D eigenvalue weighted by Gasteiger charge is 2.04. The Kier molecular flexibility index (Phi) is 6.96. The van der Waals surface area contributed by atoms with Crippen molar-refractivity contribution < 1.29 is 4.74 Å².